The summed E-state index contributed by atoms with van der Waals surface area (Å²) in [5.74, 6) is 0.275. The summed E-state index contributed by atoms with van der Waals surface area (Å²) in [7, 11) is 0. The van der Waals surface area contributed by atoms with Crippen molar-refractivity contribution in [2.75, 3.05) is 31.6 Å². The van der Waals surface area contributed by atoms with Crippen LogP contribution in [0, 0.1) is 16.0 Å². The molecule has 33 heavy (non-hydrogen) atoms. The van der Waals surface area contributed by atoms with Crippen molar-refractivity contribution in [1.82, 2.24) is 10.3 Å². The number of ether oxygens (including phenoxy) is 2. The number of nitro groups is 1. The molecule has 10 nitrogen and oxygen atoms in total. The van der Waals surface area contributed by atoms with Gasteiger partial charge >= 0.3 is 0 Å². The largest absolute Gasteiger partial charge is 0.459 e. The lowest BCUT2D eigenvalue weighted by Gasteiger charge is -2.36. The second-order valence-electron chi connectivity index (χ2n) is 7.38. The van der Waals surface area contributed by atoms with Crippen LogP contribution >= 0.6 is 11.3 Å². The molecule has 3 heterocycles. The molecule has 0 saturated carbocycles. The lowest BCUT2D eigenvalue weighted by molar-refractivity contribution is -0.385. The van der Waals surface area contributed by atoms with Crippen molar-refractivity contribution >= 4 is 28.7 Å². The highest BCUT2D eigenvalue weighted by atomic mass is 32.1. The molecule has 0 aromatic carbocycles. The summed E-state index contributed by atoms with van der Waals surface area (Å²) < 4.78 is 11.8. The van der Waals surface area contributed by atoms with Gasteiger partial charge in [-0.3, -0.25) is 14.9 Å². The fourth-order valence-corrected chi connectivity index (χ4v) is 4.50. The molecule has 1 amide bonds. The van der Waals surface area contributed by atoms with Crippen LogP contribution in [-0.4, -0.2) is 53.5 Å². The number of nitrogens with zero attached hydrogens (tertiary/aromatic N) is 2. The zero-order valence-corrected chi connectivity index (χ0v) is 19.1. The van der Waals surface area contributed by atoms with Gasteiger partial charge in [-0.2, -0.15) is 0 Å². The first-order valence-electron chi connectivity index (χ1n) is 10.8. The van der Waals surface area contributed by atoms with Crippen LogP contribution in [0.2, 0.25) is 0 Å². The maximum atomic E-state index is 12.8. The summed E-state index contributed by atoms with van der Waals surface area (Å²) in [5.41, 5.74) is -0.0864. The maximum Gasteiger partial charge on any atom is 0.287 e. The number of carbonyl (C=O) groups is 1. The molecule has 1 aliphatic heterocycles. The molecule has 3 atom stereocenters. The van der Waals surface area contributed by atoms with Crippen molar-refractivity contribution in [2.24, 2.45) is 5.92 Å². The summed E-state index contributed by atoms with van der Waals surface area (Å²) in [6, 6.07) is 6.88. The molecule has 0 fully saturated rings. The molecule has 0 aliphatic carbocycles. The Hall–Kier alpha value is -3.02. The van der Waals surface area contributed by atoms with E-state index >= 15 is 0 Å². The van der Waals surface area contributed by atoms with E-state index in [4.69, 9.17) is 9.47 Å². The van der Waals surface area contributed by atoms with E-state index in [-0.39, 0.29) is 35.8 Å². The SMILES string of the molecule is CCO[C@H]1OC(C(=O)NCCNc2ccc([N+](=O)[O-])cn2)=C[C@@H](c2cccs2)[C@H]1CCCO. The molecule has 0 saturated heterocycles. The summed E-state index contributed by atoms with van der Waals surface area (Å²) in [4.78, 5) is 28.1. The van der Waals surface area contributed by atoms with Gasteiger partial charge in [0.25, 0.3) is 11.6 Å². The van der Waals surface area contributed by atoms with Crippen LogP contribution in [0.4, 0.5) is 11.5 Å². The zero-order valence-electron chi connectivity index (χ0n) is 18.3. The fourth-order valence-electron chi connectivity index (χ4n) is 3.63. The van der Waals surface area contributed by atoms with E-state index in [0.717, 1.165) is 4.88 Å². The van der Waals surface area contributed by atoms with E-state index in [1.165, 1.54) is 18.3 Å². The average Bonchev–Trinajstić information content (AvgIpc) is 3.36. The van der Waals surface area contributed by atoms with Crippen molar-refractivity contribution in [3.8, 4) is 0 Å². The number of pyridine rings is 1. The highest BCUT2D eigenvalue weighted by Gasteiger charge is 2.38. The highest BCUT2D eigenvalue weighted by Crippen LogP contribution is 2.40. The maximum absolute atomic E-state index is 12.8. The third-order valence-corrected chi connectivity index (χ3v) is 6.16. The molecule has 0 bridgehead atoms. The standard InChI is InChI=1S/C22H28N4O6S/c1-2-31-22-16(5-3-11-27)17(19-6-4-12-33-19)13-18(32-22)21(28)24-10-9-23-20-8-7-15(14-25-20)26(29)30/h4,6-8,12-14,16-17,22,27H,2-3,5,9-11H2,1H3,(H,23,25)(H,24,28)/t16-,17-,22+/m1/s1. The van der Waals surface area contributed by atoms with Gasteiger partial charge in [-0.25, -0.2) is 4.98 Å². The first kappa shape index (κ1) is 24.6. The van der Waals surface area contributed by atoms with E-state index in [0.29, 0.717) is 38.4 Å². The van der Waals surface area contributed by atoms with Gasteiger partial charge in [0.05, 0.1) is 4.92 Å². The Labute approximate surface area is 195 Å². The van der Waals surface area contributed by atoms with Crippen molar-refractivity contribution in [2.45, 2.75) is 32.0 Å². The van der Waals surface area contributed by atoms with Crippen LogP contribution in [0.25, 0.3) is 0 Å². The predicted octanol–water partition coefficient (Wildman–Crippen LogP) is 3.03. The minimum atomic E-state index is -0.582. The van der Waals surface area contributed by atoms with Crippen LogP contribution in [0.1, 0.15) is 30.6 Å². The van der Waals surface area contributed by atoms with Gasteiger partial charge in [-0.15, -0.1) is 11.3 Å². The molecule has 2 aromatic heterocycles. The summed E-state index contributed by atoms with van der Waals surface area (Å²) in [6.45, 7) is 3.09. The zero-order chi connectivity index (χ0) is 23.6. The van der Waals surface area contributed by atoms with Gasteiger partial charge in [0, 0.05) is 49.1 Å². The van der Waals surface area contributed by atoms with Crippen molar-refractivity contribution in [3.63, 3.8) is 0 Å². The number of anilines is 1. The molecule has 178 valence electrons. The van der Waals surface area contributed by atoms with E-state index in [1.54, 1.807) is 11.3 Å². The minimum Gasteiger partial charge on any atom is -0.459 e. The highest BCUT2D eigenvalue weighted by molar-refractivity contribution is 7.10. The average molecular weight is 477 g/mol. The summed E-state index contributed by atoms with van der Waals surface area (Å²) >= 11 is 1.61. The van der Waals surface area contributed by atoms with E-state index in [9.17, 15) is 20.0 Å². The number of aliphatic hydroxyl groups excluding tert-OH is 1. The van der Waals surface area contributed by atoms with E-state index < -0.39 is 11.2 Å². The third kappa shape index (κ3) is 6.73. The third-order valence-electron chi connectivity index (χ3n) is 5.18. The van der Waals surface area contributed by atoms with Crippen molar-refractivity contribution < 1.29 is 24.3 Å². The lowest BCUT2D eigenvalue weighted by Crippen LogP contribution is -2.39. The Bertz CT molecular complexity index is 935. The van der Waals surface area contributed by atoms with Crippen LogP contribution in [0.3, 0.4) is 0 Å². The Morgan fingerprint density at radius 3 is 2.85 bits per heavy atom. The number of nitrogens with one attached hydrogen (secondary N) is 2. The van der Waals surface area contributed by atoms with Gasteiger partial charge in [0.15, 0.2) is 5.76 Å². The molecule has 1 aliphatic rings. The minimum absolute atomic E-state index is 0.0119. The molecule has 3 N–H and O–H groups in total. The Morgan fingerprint density at radius 1 is 1.36 bits per heavy atom. The second-order valence-corrected chi connectivity index (χ2v) is 8.36. The van der Waals surface area contributed by atoms with Gasteiger partial charge in [-0.1, -0.05) is 6.07 Å². The Kier molecular flexibility index (Phi) is 9.16. The van der Waals surface area contributed by atoms with Gasteiger partial charge < -0.3 is 25.2 Å². The number of carbonyl (C=O) groups excluding carboxylic acids is 1. The molecular formula is C22H28N4O6S. The summed E-state index contributed by atoms with van der Waals surface area (Å²) in [5, 5.41) is 27.8. The topological polar surface area (TPSA) is 136 Å². The number of allylic oxidation sites excluding steroid dienone is 1. The molecule has 0 spiro atoms. The van der Waals surface area contributed by atoms with Crippen molar-refractivity contribution in [1.29, 1.82) is 0 Å². The normalized spacial score (nSPS) is 19.9. The number of rotatable bonds is 12. The quantitative estimate of drug-likeness (QED) is 0.242. The number of hydrogen-bond acceptors (Lipinski definition) is 9. The number of aromatic nitrogens is 1. The lowest BCUT2D eigenvalue weighted by atomic mass is 9.84. The van der Waals surface area contributed by atoms with Crippen molar-refractivity contribution in [3.05, 3.63) is 62.7 Å². The first-order valence-corrected chi connectivity index (χ1v) is 11.7. The fraction of sp³-hybridized carbons (Fsp3) is 0.455. The van der Waals surface area contributed by atoms with Crippen LogP contribution in [0.15, 0.2) is 47.7 Å². The van der Waals surface area contributed by atoms with E-state index in [2.05, 4.69) is 15.6 Å². The van der Waals surface area contributed by atoms with Gasteiger partial charge in [-0.05, 0) is 43.4 Å². The number of amides is 1. The Morgan fingerprint density at radius 2 is 2.21 bits per heavy atom. The molecule has 0 unspecified atom stereocenters. The van der Waals surface area contributed by atoms with Crippen LogP contribution in [0.5, 0.6) is 0 Å². The Balaban J connectivity index is 1.62. The first-order chi connectivity index (χ1) is 16.0. The smallest absolute Gasteiger partial charge is 0.287 e. The number of thiophene rings is 1. The monoisotopic (exact) mass is 476 g/mol. The molecular weight excluding hydrogens is 448 g/mol. The molecule has 11 heteroatoms. The second kappa shape index (κ2) is 12.3. The number of aliphatic hydroxyl groups is 1. The number of hydrogen-bond donors (Lipinski definition) is 3. The summed E-state index contributed by atoms with van der Waals surface area (Å²) in [6.07, 6.45) is 3.76. The molecule has 2 aromatic rings. The molecule has 0 radical (unpaired) electrons. The van der Waals surface area contributed by atoms with Gasteiger partial charge in [0.2, 0.25) is 6.29 Å². The molecule has 3 rings (SSSR count). The predicted molar refractivity (Wildman–Crippen MR) is 124 cm³/mol. The van der Waals surface area contributed by atoms with Crippen LogP contribution < -0.4 is 10.6 Å². The van der Waals surface area contributed by atoms with Gasteiger partial charge in [0.1, 0.15) is 12.0 Å². The van der Waals surface area contributed by atoms with E-state index in [1.807, 2.05) is 30.5 Å². The van der Waals surface area contributed by atoms with Crippen LogP contribution in [-0.2, 0) is 14.3 Å².